The Morgan fingerprint density at radius 3 is 2.49 bits per heavy atom. The number of fused-ring (bicyclic) bond motifs is 1. The number of phenols is 1. The molecule has 10 nitrogen and oxygen atoms in total. The van der Waals surface area contributed by atoms with E-state index in [9.17, 15) is 20.0 Å². The summed E-state index contributed by atoms with van der Waals surface area (Å²) in [7, 11) is 2.80. The van der Waals surface area contributed by atoms with Crippen LogP contribution in [-0.4, -0.2) is 40.6 Å². The molecule has 35 heavy (non-hydrogen) atoms. The minimum absolute atomic E-state index is 0.109. The molecule has 4 aromatic rings. The number of phenolic OH excluding ortho intramolecular Hbond substituents is 1. The van der Waals surface area contributed by atoms with E-state index in [0.29, 0.717) is 11.3 Å². The van der Waals surface area contributed by atoms with E-state index < -0.39 is 4.92 Å². The molecule has 178 valence electrons. The molecule has 0 unspecified atom stereocenters. The normalized spacial score (nSPS) is 11.1. The number of hydrazone groups is 1. The summed E-state index contributed by atoms with van der Waals surface area (Å²) in [6.07, 6.45) is 3.17. The standard InChI is InChI=1S/C25H22N4O6/c1-15-10-18-6-4-5-9-28(18)23(15)24(30)17-7-8-19(20(13-17)29(32)33)27-26-14-16-11-21(34-2)25(31)22(12-16)35-3/h4-14,27,31H,1-3H3. The van der Waals surface area contributed by atoms with E-state index in [-0.39, 0.29) is 40.0 Å². The number of benzene rings is 2. The molecular formula is C25H22N4O6. The molecule has 0 fully saturated rings. The van der Waals surface area contributed by atoms with E-state index in [1.807, 2.05) is 31.2 Å². The van der Waals surface area contributed by atoms with Crippen molar-refractivity contribution in [3.63, 3.8) is 0 Å². The Morgan fingerprint density at radius 1 is 1.11 bits per heavy atom. The van der Waals surface area contributed by atoms with Gasteiger partial charge in [0, 0.05) is 28.9 Å². The van der Waals surface area contributed by atoms with Crippen LogP contribution in [0.3, 0.4) is 0 Å². The highest BCUT2D eigenvalue weighted by Gasteiger charge is 2.22. The lowest BCUT2D eigenvalue weighted by atomic mass is 10.0. The average Bonchev–Trinajstić information content (AvgIpc) is 3.19. The van der Waals surface area contributed by atoms with Gasteiger partial charge in [0.15, 0.2) is 11.5 Å². The number of nitrogens with one attached hydrogen (secondary N) is 1. The van der Waals surface area contributed by atoms with Gasteiger partial charge in [-0.2, -0.15) is 5.10 Å². The summed E-state index contributed by atoms with van der Waals surface area (Å²) in [5, 5.41) is 25.8. The number of ether oxygens (including phenoxy) is 2. The Balaban J connectivity index is 1.63. The molecule has 0 radical (unpaired) electrons. The molecule has 2 aromatic heterocycles. The smallest absolute Gasteiger partial charge is 0.294 e. The van der Waals surface area contributed by atoms with Gasteiger partial charge < -0.3 is 19.0 Å². The lowest BCUT2D eigenvalue weighted by Crippen LogP contribution is -2.08. The molecule has 0 amide bonds. The first-order valence-corrected chi connectivity index (χ1v) is 10.5. The zero-order valence-electron chi connectivity index (χ0n) is 19.2. The maximum absolute atomic E-state index is 13.2. The Bertz CT molecular complexity index is 1450. The molecule has 0 aliphatic rings. The molecule has 4 rings (SSSR count). The third-order valence-corrected chi connectivity index (χ3v) is 5.44. The van der Waals surface area contributed by atoms with Gasteiger partial charge in [-0.05, 0) is 55.0 Å². The van der Waals surface area contributed by atoms with E-state index in [0.717, 1.165) is 11.1 Å². The van der Waals surface area contributed by atoms with Gasteiger partial charge in [-0.25, -0.2) is 0 Å². The number of anilines is 1. The highest BCUT2D eigenvalue weighted by Crippen LogP contribution is 2.36. The van der Waals surface area contributed by atoms with Crippen molar-refractivity contribution in [1.82, 2.24) is 4.40 Å². The molecular weight excluding hydrogens is 452 g/mol. The second kappa shape index (κ2) is 9.56. The fourth-order valence-corrected chi connectivity index (χ4v) is 3.77. The number of nitrogens with zero attached hydrogens (tertiary/aromatic N) is 3. The number of ketones is 1. The van der Waals surface area contributed by atoms with Crippen LogP contribution in [-0.2, 0) is 0 Å². The quantitative estimate of drug-likeness (QED) is 0.166. The van der Waals surface area contributed by atoms with Crippen LogP contribution >= 0.6 is 0 Å². The van der Waals surface area contributed by atoms with Gasteiger partial charge >= 0.3 is 0 Å². The lowest BCUT2D eigenvalue weighted by Gasteiger charge is -2.09. The number of nitro groups is 1. The van der Waals surface area contributed by atoms with E-state index in [1.54, 1.807) is 10.6 Å². The van der Waals surface area contributed by atoms with Gasteiger partial charge in [-0.1, -0.05) is 6.07 Å². The van der Waals surface area contributed by atoms with Crippen molar-refractivity contribution >= 4 is 28.9 Å². The number of nitro benzene ring substituents is 1. The zero-order valence-corrected chi connectivity index (χ0v) is 19.2. The topological polar surface area (TPSA) is 128 Å². The summed E-state index contributed by atoms with van der Waals surface area (Å²) in [6.45, 7) is 1.83. The predicted molar refractivity (Wildman–Crippen MR) is 131 cm³/mol. The summed E-state index contributed by atoms with van der Waals surface area (Å²) in [6, 6.07) is 14.7. The number of aromatic hydroxyl groups is 1. The van der Waals surface area contributed by atoms with Crippen LogP contribution in [0.4, 0.5) is 11.4 Å². The van der Waals surface area contributed by atoms with Crippen molar-refractivity contribution in [2.45, 2.75) is 6.92 Å². The Kier molecular flexibility index (Phi) is 6.36. The number of pyridine rings is 1. The highest BCUT2D eigenvalue weighted by molar-refractivity contribution is 6.10. The first-order chi connectivity index (χ1) is 16.8. The SMILES string of the molecule is COc1cc(C=NNc2ccc(C(=O)c3c(C)cc4ccccn34)cc2[N+](=O)[O-])cc(OC)c1O. The van der Waals surface area contributed by atoms with Crippen LogP contribution in [0.5, 0.6) is 17.2 Å². The molecule has 0 saturated heterocycles. The van der Waals surface area contributed by atoms with Gasteiger partial charge in [-0.3, -0.25) is 20.3 Å². The summed E-state index contributed by atoms with van der Waals surface area (Å²) < 4.78 is 12.0. The number of aromatic nitrogens is 1. The fraction of sp³-hybridized carbons (Fsp3) is 0.120. The van der Waals surface area contributed by atoms with Crippen LogP contribution in [0.2, 0.25) is 0 Å². The summed E-state index contributed by atoms with van der Waals surface area (Å²) in [4.78, 5) is 24.4. The van der Waals surface area contributed by atoms with Gasteiger partial charge in [0.25, 0.3) is 5.69 Å². The monoisotopic (exact) mass is 474 g/mol. The summed E-state index contributed by atoms with van der Waals surface area (Å²) in [5.74, 6) is -0.0992. The lowest BCUT2D eigenvalue weighted by molar-refractivity contribution is -0.384. The van der Waals surface area contributed by atoms with Crippen LogP contribution in [0, 0.1) is 17.0 Å². The molecule has 0 atom stereocenters. The number of hydrogen-bond acceptors (Lipinski definition) is 8. The molecule has 2 aromatic carbocycles. The molecule has 0 aliphatic heterocycles. The fourth-order valence-electron chi connectivity index (χ4n) is 3.77. The second-order valence-electron chi connectivity index (χ2n) is 7.63. The maximum atomic E-state index is 13.2. The van der Waals surface area contributed by atoms with Gasteiger partial charge in [0.1, 0.15) is 5.69 Å². The number of methoxy groups -OCH3 is 2. The van der Waals surface area contributed by atoms with E-state index in [4.69, 9.17) is 9.47 Å². The molecule has 10 heteroatoms. The summed E-state index contributed by atoms with van der Waals surface area (Å²) >= 11 is 0. The molecule has 0 bridgehead atoms. The van der Waals surface area contributed by atoms with E-state index in [1.165, 1.54) is 50.8 Å². The van der Waals surface area contributed by atoms with Crippen molar-refractivity contribution in [3.05, 3.63) is 93.3 Å². The predicted octanol–water partition coefficient (Wildman–Crippen LogP) is 4.56. The largest absolute Gasteiger partial charge is 0.502 e. The van der Waals surface area contributed by atoms with Gasteiger partial charge in [0.05, 0.1) is 31.1 Å². The van der Waals surface area contributed by atoms with Gasteiger partial charge in [-0.15, -0.1) is 0 Å². The van der Waals surface area contributed by atoms with Crippen LogP contribution in [0.25, 0.3) is 5.52 Å². The van der Waals surface area contributed by atoms with Crippen molar-refractivity contribution in [1.29, 1.82) is 0 Å². The third kappa shape index (κ3) is 4.49. The number of carbonyl (C=O) groups excluding carboxylic acids is 1. The first-order valence-electron chi connectivity index (χ1n) is 10.5. The maximum Gasteiger partial charge on any atom is 0.294 e. The second-order valence-corrected chi connectivity index (χ2v) is 7.63. The van der Waals surface area contributed by atoms with Crippen molar-refractivity contribution in [3.8, 4) is 17.2 Å². The molecule has 2 N–H and O–H groups in total. The average molecular weight is 474 g/mol. The summed E-state index contributed by atoms with van der Waals surface area (Å²) in [5.41, 5.74) is 5.24. The zero-order chi connectivity index (χ0) is 25.1. The first kappa shape index (κ1) is 23.3. The number of carbonyl (C=O) groups is 1. The van der Waals surface area contributed by atoms with E-state index in [2.05, 4.69) is 10.5 Å². The number of rotatable bonds is 8. The Labute approximate surface area is 200 Å². The van der Waals surface area contributed by atoms with E-state index >= 15 is 0 Å². The molecule has 0 spiro atoms. The van der Waals surface area contributed by atoms with Crippen molar-refractivity contribution in [2.75, 3.05) is 19.6 Å². The molecule has 0 saturated carbocycles. The van der Waals surface area contributed by atoms with Crippen LogP contribution in [0.15, 0.2) is 65.9 Å². The van der Waals surface area contributed by atoms with Crippen molar-refractivity contribution in [2.24, 2.45) is 5.10 Å². The number of hydrogen-bond donors (Lipinski definition) is 2. The van der Waals surface area contributed by atoms with Crippen LogP contribution in [0.1, 0.15) is 27.2 Å². The highest BCUT2D eigenvalue weighted by atomic mass is 16.6. The molecule has 0 aliphatic carbocycles. The Morgan fingerprint density at radius 2 is 1.83 bits per heavy atom. The third-order valence-electron chi connectivity index (χ3n) is 5.44. The van der Waals surface area contributed by atoms with Crippen molar-refractivity contribution < 1.29 is 24.3 Å². The van der Waals surface area contributed by atoms with Gasteiger partial charge in [0.2, 0.25) is 11.5 Å². The molecule has 2 heterocycles. The minimum atomic E-state index is -0.579. The number of aryl methyl sites for hydroxylation is 1. The Hall–Kier alpha value is -4.86. The van der Waals surface area contributed by atoms with Crippen LogP contribution < -0.4 is 14.9 Å². The minimum Gasteiger partial charge on any atom is -0.502 e.